The van der Waals surface area contributed by atoms with E-state index in [1.54, 1.807) is 36.4 Å². The maximum atomic E-state index is 12.1. The first-order valence-corrected chi connectivity index (χ1v) is 7.79. The molecule has 0 heterocycles. The minimum absolute atomic E-state index is 0.123. The van der Waals surface area contributed by atoms with Gasteiger partial charge in [-0.2, -0.15) is 5.26 Å². The lowest BCUT2D eigenvalue weighted by molar-refractivity contribution is -0.885. The summed E-state index contributed by atoms with van der Waals surface area (Å²) in [5, 5.41) is 12.8. The van der Waals surface area contributed by atoms with E-state index >= 15 is 0 Å². The Morgan fingerprint density at radius 1 is 1.26 bits per heavy atom. The second-order valence-corrected chi connectivity index (χ2v) is 6.13. The molecule has 23 heavy (non-hydrogen) atoms. The summed E-state index contributed by atoms with van der Waals surface area (Å²) in [5.74, 6) is -0.123. The number of quaternary nitrogens is 1. The Labute approximate surface area is 145 Å². The number of rotatable bonds is 5. The number of hydrogen-bond donors (Lipinski definition) is 2. The predicted molar refractivity (Wildman–Crippen MR) is 91.7 cm³/mol. The summed E-state index contributed by atoms with van der Waals surface area (Å²) in [6, 6.07) is 14.2. The van der Waals surface area contributed by atoms with Crippen molar-refractivity contribution in [3.8, 4) is 6.07 Å². The van der Waals surface area contributed by atoms with E-state index in [2.05, 4.69) is 5.32 Å². The monoisotopic (exact) mass is 348 g/mol. The fourth-order valence-corrected chi connectivity index (χ4v) is 2.67. The molecule has 0 aromatic heterocycles. The highest BCUT2D eigenvalue weighted by atomic mass is 35.5. The normalized spacial score (nSPS) is 11.6. The lowest BCUT2D eigenvalue weighted by Gasteiger charge is -2.15. The minimum atomic E-state index is -0.123. The van der Waals surface area contributed by atoms with E-state index in [0.29, 0.717) is 27.8 Å². The van der Waals surface area contributed by atoms with E-state index in [4.69, 9.17) is 28.5 Å². The fraction of sp³-hybridized carbons (Fsp3) is 0.176. The van der Waals surface area contributed by atoms with Gasteiger partial charge in [-0.15, -0.1) is 0 Å². The van der Waals surface area contributed by atoms with Gasteiger partial charge < -0.3 is 10.2 Å². The molecule has 2 N–H and O–H groups in total. The molecule has 0 aliphatic carbocycles. The molecule has 0 aliphatic rings. The van der Waals surface area contributed by atoms with Gasteiger partial charge in [-0.25, -0.2) is 0 Å². The Morgan fingerprint density at radius 2 is 2.04 bits per heavy atom. The van der Waals surface area contributed by atoms with E-state index in [1.807, 2.05) is 19.2 Å². The van der Waals surface area contributed by atoms with E-state index in [1.165, 1.54) is 0 Å². The first-order chi connectivity index (χ1) is 11.0. The Kier molecular flexibility index (Phi) is 6.00. The Morgan fingerprint density at radius 3 is 2.74 bits per heavy atom. The smallest absolute Gasteiger partial charge is 0.279 e. The van der Waals surface area contributed by atoms with Crippen LogP contribution in [0.5, 0.6) is 0 Å². The molecule has 0 saturated heterocycles. The van der Waals surface area contributed by atoms with Gasteiger partial charge in [-0.3, -0.25) is 4.79 Å². The molecule has 2 aromatic rings. The number of carbonyl (C=O) groups excluding carboxylic acids is 1. The summed E-state index contributed by atoms with van der Waals surface area (Å²) >= 11 is 12.0. The maximum absolute atomic E-state index is 12.1. The van der Waals surface area contributed by atoms with Crippen molar-refractivity contribution in [2.75, 3.05) is 18.9 Å². The number of nitrogens with zero attached hydrogens (tertiary/aromatic N) is 1. The van der Waals surface area contributed by atoms with Gasteiger partial charge in [0.2, 0.25) is 0 Å². The second kappa shape index (κ2) is 7.98. The van der Waals surface area contributed by atoms with Crippen molar-refractivity contribution in [2.45, 2.75) is 6.54 Å². The summed E-state index contributed by atoms with van der Waals surface area (Å²) in [6.07, 6.45) is 0. The third kappa shape index (κ3) is 5.26. The first-order valence-electron chi connectivity index (χ1n) is 7.03. The molecular formula is C17H16Cl2N3O+. The van der Waals surface area contributed by atoms with Crippen LogP contribution >= 0.6 is 23.2 Å². The molecule has 0 saturated carbocycles. The van der Waals surface area contributed by atoms with Crippen LogP contribution in [0.4, 0.5) is 5.69 Å². The van der Waals surface area contributed by atoms with Gasteiger partial charge in [0.15, 0.2) is 6.54 Å². The number of hydrogen-bond acceptors (Lipinski definition) is 2. The second-order valence-electron chi connectivity index (χ2n) is 5.29. The third-order valence-corrected chi connectivity index (χ3v) is 3.83. The third-order valence-electron chi connectivity index (χ3n) is 3.25. The average Bonchev–Trinajstić information content (AvgIpc) is 2.50. The van der Waals surface area contributed by atoms with Gasteiger partial charge in [-0.1, -0.05) is 35.3 Å². The van der Waals surface area contributed by atoms with Gasteiger partial charge in [0.1, 0.15) is 6.54 Å². The molecule has 0 aliphatic heterocycles. The summed E-state index contributed by atoms with van der Waals surface area (Å²) in [7, 11) is 1.91. The molecule has 4 nitrogen and oxygen atoms in total. The largest absolute Gasteiger partial charge is 0.326 e. The molecule has 0 bridgehead atoms. The van der Waals surface area contributed by atoms with Gasteiger partial charge in [0, 0.05) is 16.3 Å². The number of likely N-dealkylation sites (N-methyl/N-ethyl adjacent to an activating group) is 1. The molecule has 0 radical (unpaired) electrons. The van der Waals surface area contributed by atoms with Crippen LogP contribution in [0.1, 0.15) is 11.1 Å². The quantitative estimate of drug-likeness (QED) is 0.872. The Hall–Kier alpha value is -2.06. The van der Waals surface area contributed by atoms with Gasteiger partial charge in [0.25, 0.3) is 5.91 Å². The van der Waals surface area contributed by atoms with Gasteiger partial charge >= 0.3 is 0 Å². The van der Waals surface area contributed by atoms with Crippen molar-refractivity contribution >= 4 is 34.8 Å². The molecule has 1 unspecified atom stereocenters. The van der Waals surface area contributed by atoms with Crippen LogP contribution in [-0.2, 0) is 11.3 Å². The summed E-state index contributed by atoms with van der Waals surface area (Å²) in [5.41, 5.74) is 2.07. The number of anilines is 1. The Balaban J connectivity index is 1.93. The van der Waals surface area contributed by atoms with E-state index < -0.39 is 0 Å². The zero-order valence-corrected chi connectivity index (χ0v) is 14.1. The number of amides is 1. The maximum Gasteiger partial charge on any atom is 0.279 e. The zero-order chi connectivity index (χ0) is 16.8. The van der Waals surface area contributed by atoms with Gasteiger partial charge in [-0.05, 0) is 30.3 Å². The highest BCUT2D eigenvalue weighted by Gasteiger charge is 2.13. The highest BCUT2D eigenvalue weighted by Crippen LogP contribution is 2.20. The van der Waals surface area contributed by atoms with Crippen LogP contribution in [0, 0.1) is 11.3 Å². The summed E-state index contributed by atoms with van der Waals surface area (Å²) in [6.45, 7) is 0.900. The molecule has 6 heteroatoms. The number of nitriles is 1. The summed E-state index contributed by atoms with van der Waals surface area (Å²) < 4.78 is 0. The van der Waals surface area contributed by atoms with Crippen LogP contribution in [0.25, 0.3) is 0 Å². The van der Waals surface area contributed by atoms with Crippen LogP contribution in [-0.4, -0.2) is 19.5 Å². The molecule has 0 fully saturated rings. The number of nitrogens with one attached hydrogen (secondary N) is 2. The fourth-order valence-electron chi connectivity index (χ4n) is 2.20. The Bertz CT molecular complexity index is 756. The van der Waals surface area contributed by atoms with E-state index in [0.717, 1.165) is 10.5 Å². The first kappa shape index (κ1) is 17.3. The predicted octanol–water partition coefficient (Wildman–Crippen LogP) is 2.52. The summed E-state index contributed by atoms with van der Waals surface area (Å²) in [4.78, 5) is 13.1. The van der Waals surface area contributed by atoms with Crippen molar-refractivity contribution in [1.29, 1.82) is 5.26 Å². The molecule has 2 aromatic carbocycles. The molecule has 118 valence electrons. The average molecular weight is 349 g/mol. The highest BCUT2D eigenvalue weighted by molar-refractivity contribution is 6.35. The molecule has 1 amide bonds. The van der Waals surface area contributed by atoms with Crippen molar-refractivity contribution in [3.05, 3.63) is 63.6 Å². The molecular weight excluding hydrogens is 333 g/mol. The van der Waals surface area contributed by atoms with Crippen LogP contribution < -0.4 is 10.2 Å². The van der Waals surface area contributed by atoms with Crippen LogP contribution in [0.3, 0.4) is 0 Å². The zero-order valence-electron chi connectivity index (χ0n) is 12.6. The van der Waals surface area contributed by atoms with E-state index in [9.17, 15) is 4.79 Å². The van der Waals surface area contributed by atoms with Crippen LogP contribution in [0.15, 0.2) is 42.5 Å². The molecule has 1 atom stereocenters. The lowest BCUT2D eigenvalue weighted by atomic mass is 10.2. The van der Waals surface area contributed by atoms with Crippen LogP contribution in [0.2, 0.25) is 10.0 Å². The van der Waals surface area contributed by atoms with Crippen molar-refractivity contribution in [1.82, 2.24) is 0 Å². The number of halogens is 2. The minimum Gasteiger partial charge on any atom is -0.326 e. The van der Waals surface area contributed by atoms with Crippen molar-refractivity contribution < 1.29 is 9.69 Å². The van der Waals surface area contributed by atoms with Gasteiger partial charge in [0.05, 0.1) is 23.7 Å². The van der Waals surface area contributed by atoms with Crippen molar-refractivity contribution in [2.24, 2.45) is 0 Å². The SMILES string of the molecule is C[NH+](CC(=O)Nc1cccc(C#N)c1)Cc1ccc(Cl)cc1Cl. The van der Waals surface area contributed by atoms with Crippen molar-refractivity contribution in [3.63, 3.8) is 0 Å². The topological polar surface area (TPSA) is 57.3 Å². The number of carbonyl (C=O) groups is 1. The van der Waals surface area contributed by atoms with E-state index in [-0.39, 0.29) is 12.5 Å². The lowest BCUT2D eigenvalue weighted by Crippen LogP contribution is -3.08. The molecule has 0 spiro atoms. The standard InChI is InChI=1S/C17H15Cl2N3O/c1-22(10-13-5-6-14(18)8-16(13)19)11-17(23)21-15-4-2-3-12(7-15)9-20/h2-8H,10-11H2,1H3,(H,21,23)/p+1. The number of benzene rings is 2. The molecule has 2 rings (SSSR count).